The van der Waals surface area contributed by atoms with Gasteiger partial charge in [-0.3, -0.25) is 9.59 Å². The first-order valence-electron chi connectivity index (χ1n) is 5.50. The van der Waals surface area contributed by atoms with E-state index in [2.05, 4.69) is 15.8 Å². The summed E-state index contributed by atoms with van der Waals surface area (Å²) in [5.41, 5.74) is 3.32. The summed E-state index contributed by atoms with van der Waals surface area (Å²) in [5, 5.41) is 19.7. The maximum atomic E-state index is 11.7. The monoisotopic (exact) mass is 267 g/mol. The molecule has 18 heavy (non-hydrogen) atoms. The molecule has 96 valence electrons. The van der Waals surface area contributed by atoms with E-state index in [0.29, 0.717) is 6.42 Å². The summed E-state index contributed by atoms with van der Waals surface area (Å²) in [7, 11) is 0. The van der Waals surface area contributed by atoms with Crippen molar-refractivity contribution in [3.8, 4) is 0 Å². The van der Waals surface area contributed by atoms with E-state index in [0.717, 1.165) is 5.56 Å². The summed E-state index contributed by atoms with van der Waals surface area (Å²) in [5.74, 6) is -0.547. The number of nitrogens with zero attached hydrogens (tertiary/aromatic N) is 1. The third kappa shape index (κ3) is 3.14. The molecule has 2 rings (SSSR count). The van der Waals surface area contributed by atoms with Gasteiger partial charge in [-0.2, -0.15) is 16.4 Å². The smallest absolute Gasteiger partial charge is 0.267 e. The third-order valence-corrected chi connectivity index (χ3v) is 3.25. The van der Waals surface area contributed by atoms with Crippen LogP contribution in [-0.4, -0.2) is 29.2 Å². The van der Waals surface area contributed by atoms with Gasteiger partial charge in [-0.15, -0.1) is 0 Å². The fourth-order valence-corrected chi connectivity index (χ4v) is 2.22. The minimum atomic E-state index is -0.723. The van der Waals surface area contributed by atoms with E-state index in [4.69, 9.17) is 0 Å². The van der Waals surface area contributed by atoms with Crippen LogP contribution in [0.15, 0.2) is 21.9 Å². The predicted molar refractivity (Wildman–Crippen MR) is 67.1 cm³/mol. The fourth-order valence-electron chi connectivity index (χ4n) is 1.51. The summed E-state index contributed by atoms with van der Waals surface area (Å²) >= 11 is 1.49. The van der Waals surface area contributed by atoms with E-state index < -0.39 is 6.10 Å². The molecule has 0 aromatic carbocycles. The number of aliphatic hydroxyl groups is 1. The molecule has 0 aliphatic carbocycles. The Morgan fingerprint density at radius 2 is 2.44 bits per heavy atom. The molecule has 1 aromatic heterocycles. The number of hydrogen-bond acceptors (Lipinski definition) is 5. The van der Waals surface area contributed by atoms with Gasteiger partial charge in [-0.1, -0.05) is 0 Å². The molecule has 1 unspecified atom stereocenters. The van der Waals surface area contributed by atoms with E-state index >= 15 is 0 Å². The summed E-state index contributed by atoms with van der Waals surface area (Å²) in [6.07, 6.45) is -0.134. The first kappa shape index (κ1) is 12.7. The van der Waals surface area contributed by atoms with Crippen molar-refractivity contribution < 1.29 is 14.7 Å². The zero-order valence-electron chi connectivity index (χ0n) is 9.55. The maximum Gasteiger partial charge on any atom is 0.267 e. The van der Waals surface area contributed by atoms with Crippen LogP contribution in [-0.2, 0) is 9.59 Å². The van der Waals surface area contributed by atoms with Gasteiger partial charge in [0.05, 0.1) is 6.10 Å². The lowest BCUT2D eigenvalue weighted by Gasteiger charge is -2.14. The quantitative estimate of drug-likeness (QED) is 0.726. The topological polar surface area (TPSA) is 90.8 Å². The van der Waals surface area contributed by atoms with E-state index in [1.165, 1.54) is 11.3 Å². The normalized spacial score (nSPS) is 16.7. The molecule has 7 heteroatoms. The van der Waals surface area contributed by atoms with Gasteiger partial charge in [0.2, 0.25) is 5.91 Å². The van der Waals surface area contributed by atoms with Crippen molar-refractivity contribution in [2.75, 3.05) is 6.54 Å². The molecule has 0 saturated carbocycles. The largest absolute Gasteiger partial charge is 0.387 e. The Kier molecular flexibility index (Phi) is 4.06. The number of nitrogens with one attached hydrogen (secondary N) is 2. The van der Waals surface area contributed by atoms with E-state index in [9.17, 15) is 14.7 Å². The molecule has 0 spiro atoms. The van der Waals surface area contributed by atoms with Crippen LogP contribution in [0.1, 0.15) is 24.5 Å². The lowest BCUT2D eigenvalue weighted by atomic mass is 10.1. The van der Waals surface area contributed by atoms with Crippen molar-refractivity contribution in [2.24, 2.45) is 5.10 Å². The number of amides is 2. The molecule has 2 heterocycles. The summed E-state index contributed by atoms with van der Waals surface area (Å²) in [6, 6.07) is 1.81. The predicted octanol–water partition coefficient (Wildman–Crippen LogP) is 0.164. The second-order valence-electron chi connectivity index (χ2n) is 3.88. The van der Waals surface area contributed by atoms with Gasteiger partial charge in [-0.25, -0.2) is 5.43 Å². The fraction of sp³-hybridized carbons (Fsp3) is 0.364. The van der Waals surface area contributed by atoms with Crippen molar-refractivity contribution in [3.63, 3.8) is 0 Å². The Balaban J connectivity index is 1.83. The molecule has 0 saturated heterocycles. The highest BCUT2D eigenvalue weighted by atomic mass is 32.1. The first-order chi connectivity index (χ1) is 8.66. The van der Waals surface area contributed by atoms with Gasteiger partial charge in [-0.05, 0) is 22.4 Å². The molecular formula is C11H13N3O3S. The number of carbonyl (C=O) groups excluding carboxylic acids is 2. The van der Waals surface area contributed by atoms with Crippen LogP contribution in [0.25, 0.3) is 0 Å². The van der Waals surface area contributed by atoms with Crippen molar-refractivity contribution in [1.82, 2.24) is 10.7 Å². The number of carbonyl (C=O) groups is 2. The van der Waals surface area contributed by atoms with Gasteiger partial charge in [0.1, 0.15) is 5.71 Å². The lowest BCUT2D eigenvalue weighted by Crippen LogP contribution is -2.38. The second kappa shape index (κ2) is 5.74. The van der Waals surface area contributed by atoms with Crippen molar-refractivity contribution in [1.29, 1.82) is 0 Å². The zero-order chi connectivity index (χ0) is 13.0. The standard InChI is InChI=1S/C11H13N3O3S/c15-9(7-3-4-18-6-7)5-12-11(17)8-1-2-10(16)14-13-8/h3-4,6,9,15H,1-2,5H2,(H,12,17)(H,14,16). The number of thiophene rings is 1. The molecule has 0 bridgehead atoms. The van der Waals surface area contributed by atoms with E-state index in [1.54, 1.807) is 6.07 Å². The maximum absolute atomic E-state index is 11.7. The van der Waals surface area contributed by atoms with Gasteiger partial charge >= 0.3 is 0 Å². The number of hydrogen-bond donors (Lipinski definition) is 3. The molecule has 1 aromatic rings. The Hall–Kier alpha value is -1.73. The minimum absolute atomic E-state index is 0.128. The number of rotatable bonds is 4. The van der Waals surface area contributed by atoms with Crippen LogP contribution in [0.5, 0.6) is 0 Å². The number of aliphatic hydroxyl groups excluding tert-OH is 1. The van der Waals surface area contributed by atoms with Crippen molar-refractivity contribution >= 4 is 28.9 Å². The molecule has 3 N–H and O–H groups in total. The van der Waals surface area contributed by atoms with Gasteiger partial charge in [0, 0.05) is 19.4 Å². The van der Waals surface area contributed by atoms with Gasteiger partial charge in [0.15, 0.2) is 0 Å². The van der Waals surface area contributed by atoms with Crippen LogP contribution in [0.3, 0.4) is 0 Å². The number of hydrazone groups is 1. The Bertz CT molecular complexity index is 470. The van der Waals surface area contributed by atoms with Crippen molar-refractivity contribution in [3.05, 3.63) is 22.4 Å². The van der Waals surface area contributed by atoms with Crippen molar-refractivity contribution in [2.45, 2.75) is 18.9 Å². The average molecular weight is 267 g/mol. The van der Waals surface area contributed by atoms with Crippen LogP contribution < -0.4 is 10.7 Å². The molecule has 1 atom stereocenters. The molecule has 1 aliphatic rings. The molecule has 0 fully saturated rings. The van der Waals surface area contributed by atoms with E-state index in [-0.39, 0.29) is 30.5 Å². The Morgan fingerprint density at radius 3 is 3.06 bits per heavy atom. The highest BCUT2D eigenvalue weighted by molar-refractivity contribution is 7.07. The van der Waals surface area contributed by atoms with Crippen LogP contribution in [0.4, 0.5) is 0 Å². The lowest BCUT2D eigenvalue weighted by molar-refractivity contribution is -0.121. The van der Waals surface area contributed by atoms with Crippen LogP contribution >= 0.6 is 11.3 Å². The van der Waals surface area contributed by atoms with Gasteiger partial charge < -0.3 is 10.4 Å². The highest BCUT2D eigenvalue weighted by Gasteiger charge is 2.19. The zero-order valence-corrected chi connectivity index (χ0v) is 10.4. The van der Waals surface area contributed by atoms with Crippen LogP contribution in [0.2, 0.25) is 0 Å². The minimum Gasteiger partial charge on any atom is -0.387 e. The SMILES string of the molecule is O=C1CCC(C(=O)NCC(O)c2ccsc2)=NN1. The molecule has 2 amide bonds. The van der Waals surface area contributed by atoms with Gasteiger partial charge in [0.25, 0.3) is 5.91 Å². The molecule has 1 aliphatic heterocycles. The Morgan fingerprint density at radius 1 is 1.61 bits per heavy atom. The molecule has 0 radical (unpaired) electrons. The third-order valence-electron chi connectivity index (χ3n) is 2.55. The Labute approximate surface area is 108 Å². The first-order valence-corrected chi connectivity index (χ1v) is 6.45. The average Bonchev–Trinajstić information content (AvgIpc) is 2.90. The molecule has 6 nitrogen and oxygen atoms in total. The van der Waals surface area contributed by atoms with Crippen LogP contribution in [0, 0.1) is 0 Å². The summed E-state index contributed by atoms with van der Waals surface area (Å²) in [6.45, 7) is 0.128. The summed E-state index contributed by atoms with van der Waals surface area (Å²) < 4.78 is 0. The highest BCUT2D eigenvalue weighted by Crippen LogP contribution is 2.15. The summed E-state index contributed by atoms with van der Waals surface area (Å²) in [4.78, 5) is 22.5. The molecular weight excluding hydrogens is 254 g/mol. The van der Waals surface area contributed by atoms with E-state index in [1.807, 2.05) is 10.8 Å². The second-order valence-corrected chi connectivity index (χ2v) is 4.66.